The van der Waals surface area contributed by atoms with Gasteiger partial charge in [-0.15, -0.1) is 0 Å². The van der Waals surface area contributed by atoms with Crippen LogP contribution >= 0.6 is 0 Å². The number of nitrogens with zero attached hydrogens (tertiary/aromatic N) is 4. The first-order valence-electron chi connectivity index (χ1n) is 8.96. The van der Waals surface area contributed by atoms with Gasteiger partial charge < -0.3 is 4.90 Å². The minimum atomic E-state index is -0.0848. The summed E-state index contributed by atoms with van der Waals surface area (Å²) in [5.41, 5.74) is 3.87. The third kappa shape index (κ3) is 2.59. The van der Waals surface area contributed by atoms with Gasteiger partial charge in [0.25, 0.3) is 0 Å². The maximum absolute atomic E-state index is 12.3. The van der Waals surface area contributed by atoms with Crippen LogP contribution in [0.2, 0.25) is 0 Å². The molecule has 128 valence electrons. The first-order valence-corrected chi connectivity index (χ1v) is 8.96. The number of rotatable bonds is 0. The minimum Gasteiger partial charge on any atom is -0.329 e. The lowest BCUT2D eigenvalue weighted by Crippen LogP contribution is -2.45. The first kappa shape index (κ1) is 15.3. The summed E-state index contributed by atoms with van der Waals surface area (Å²) in [7, 11) is 0. The van der Waals surface area contributed by atoms with Gasteiger partial charge in [-0.1, -0.05) is 12.0 Å². The third-order valence-corrected chi connectivity index (χ3v) is 5.21. The Bertz CT molecular complexity index is 959. The molecule has 4 aliphatic rings. The van der Waals surface area contributed by atoms with E-state index in [-0.39, 0.29) is 6.04 Å². The number of aliphatic imine (C=N–C) groups is 1. The highest BCUT2D eigenvalue weighted by Crippen LogP contribution is 2.33. The van der Waals surface area contributed by atoms with Crippen LogP contribution in [0, 0.1) is 11.8 Å². The van der Waals surface area contributed by atoms with Crippen molar-refractivity contribution in [2.75, 3.05) is 19.6 Å². The van der Waals surface area contributed by atoms with Crippen molar-refractivity contribution in [3.8, 4) is 11.8 Å². The van der Waals surface area contributed by atoms with Crippen molar-refractivity contribution in [1.29, 1.82) is 0 Å². The van der Waals surface area contributed by atoms with Crippen LogP contribution in [0.1, 0.15) is 18.5 Å². The average molecular weight is 342 g/mol. The predicted octanol–water partition coefficient (Wildman–Crippen LogP) is 1.90. The second-order valence-electron chi connectivity index (χ2n) is 6.83. The van der Waals surface area contributed by atoms with Gasteiger partial charge in [-0.3, -0.25) is 9.69 Å². The fourth-order valence-corrected chi connectivity index (χ4v) is 3.90. The average Bonchev–Trinajstić information content (AvgIpc) is 3.07. The number of Topliss-reactive ketones (excluding diaryl/α,β-unsaturated/α-hetero) is 1. The normalized spacial score (nSPS) is 24.2. The molecule has 2 fully saturated rings. The second-order valence-corrected chi connectivity index (χ2v) is 6.83. The largest absolute Gasteiger partial charge is 0.329 e. The zero-order valence-corrected chi connectivity index (χ0v) is 14.4. The molecule has 5 rings (SSSR count). The lowest BCUT2D eigenvalue weighted by Gasteiger charge is -2.37. The molecule has 0 amide bonds. The van der Waals surface area contributed by atoms with E-state index in [9.17, 15) is 4.79 Å². The van der Waals surface area contributed by atoms with Crippen molar-refractivity contribution in [3.63, 3.8) is 0 Å². The van der Waals surface area contributed by atoms with Crippen molar-refractivity contribution in [3.05, 3.63) is 65.4 Å². The number of hydrogen-bond acceptors (Lipinski definition) is 5. The van der Waals surface area contributed by atoms with Gasteiger partial charge in [0.1, 0.15) is 11.5 Å². The molecule has 0 radical (unpaired) electrons. The Morgan fingerprint density at radius 2 is 2.08 bits per heavy atom. The van der Waals surface area contributed by atoms with Crippen LogP contribution in [0.25, 0.3) is 0 Å². The number of ketones is 1. The van der Waals surface area contributed by atoms with Gasteiger partial charge in [0, 0.05) is 56.0 Å². The van der Waals surface area contributed by atoms with Crippen molar-refractivity contribution < 1.29 is 4.79 Å². The Balaban J connectivity index is 1.42. The predicted molar refractivity (Wildman–Crippen MR) is 99.1 cm³/mol. The SMILES string of the molecule is O=C1CCN2CCC3=NC4=CC(C#Cc5ccccn5)=CCN4C=C3[C@@H]12. The van der Waals surface area contributed by atoms with Crippen LogP contribution in [0.4, 0.5) is 0 Å². The molecular formula is C21H18N4O. The number of carbonyl (C=O) groups excluding carboxylic acids is 1. The maximum Gasteiger partial charge on any atom is 0.155 e. The van der Waals surface area contributed by atoms with Gasteiger partial charge in [0.15, 0.2) is 5.78 Å². The molecule has 4 aliphatic heterocycles. The van der Waals surface area contributed by atoms with Crippen molar-refractivity contribution in [2.24, 2.45) is 4.99 Å². The molecular weight excluding hydrogens is 324 g/mol. The molecule has 0 unspecified atom stereocenters. The van der Waals surface area contributed by atoms with Crippen LogP contribution in [-0.4, -0.2) is 52.0 Å². The lowest BCUT2D eigenvalue weighted by atomic mass is 9.92. The Morgan fingerprint density at radius 3 is 2.96 bits per heavy atom. The summed E-state index contributed by atoms with van der Waals surface area (Å²) in [6, 6.07) is 5.63. The van der Waals surface area contributed by atoms with Crippen LogP contribution in [0.15, 0.2) is 64.7 Å². The van der Waals surface area contributed by atoms with Crippen molar-refractivity contribution in [1.82, 2.24) is 14.8 Å². The van der Waals surface area contributed by atoms with Crippen LogP contribution < -0.4 is 0 Å². The van der Waals surface area contributed by atoms with E-state index in [1.54, 1.807) is 6.20 Å². The smallest absolute Gasteiger partial charge is 0.155 e. The summed E-state index contributed by atoms with van der Waals surface area (Å²) in [5.74, 6) is 7.51. The summed E-state index contributed by atoms with van der Waals surface area (Å²) < 4.78 is 0. The number of aromatic nitrogens is 1. The van der Waals surface area contributed by atoms with Gasteiger partial charge in [-0.25, -0.2) is 9.98 Å². The Hall–Kier alpha value is -2.97. The summed E-state index contributed by atoms with van der Waals surface area (Å²) in [5, 5.41) is 0. The maximum atomic E-state index is 12.3. The van der Waals surface area contributed by atoms with E-state index in [2.05, 4.69) is 38.9 Å². The highest BCUT2D eigenvalue weighted by molar-refractivity contribution is 6.09. The summed E-state index contributed by atoms with van der Waals surface area (Å²) in [6.07, 6.45) is 9.53. The van der Waals surface area contributed by atoms with Gasteiger partial charge >= 0.3 is 0 Å². The molecule has 5 heteroatoms. The molecule has 0 aliphatic carbocycles. The molecule has 5 heterocycles. The molecule has 1 aromatic rings. The van der Waals surface area contributed by atoms with E-state index in [1.807, 2.05) is 24.3 Å². The Kier molecular flexibility index (Phi) is 3.58. The van der Waals surface area contributed by atoms with Gasteiger partial charge in [-0.2, -0.15) is 0 Å². The molecule has 26 heavy (non-hydrogen) atoms. The zero-order valence-electron chi connectivity index (χ0n) is 14.4. The molecule has 5 nitrogen and oxygen atoms in total. The monoisotopic (exact) mass is 342 g/mol. The first-order chi connectivity index (χ1) is 12.8. The molecule has 1 aromatic heterocycles. The van der Waals surface area contributed by atoms with Crippen LogP contribution in [0.5, 0.6) is 0 Å². The van der Waals surface area contributed by atoms with E-state index >= 15 is 0 Å². The topological polar surface area (TPSA) is 48.8 Å². The molecule has 0 N–H and O–H groups in total. The number of pyridine rings is 1. The standard InChI is InChI=1S/C21H18N4O/c26-19-8-12-24-11-7-18-17(21(19)24)14-25-10-6-15(13-20(25)23-18)4-5-16-3-1-2-9-22-16/h1-3,6,9,13-14,21H,7-8,10-12H2/t21-/m0/s1. The highest BCUT2D eigenvalue weighted by atomic mass is 16.1. The Morgan fingerprint density at radius 1 is 1.15 bits per heavy atom. The number of carbonyl (C=O) groups is 1. The van der Waals surface area contributed by atoms with Crippen LogP contribution in [0.3, 0.4) is 0 Å². The summed E-state index contributed by atoms with van der Waals surface area (Å²) >= 11 is 0. The molecule has 0 bridgehead atoms. The number of piperidine rings is 1. The quantitative estimate of drug-likeness (QED) is 0.676. The molecule has 0 aromatic carbocycles. The number of fused-ring (bicyclic) bond motifs is 4. The number of allylic oxidation sites excluding steroid dienone is 2. The van der Waals surface area contributed by atoms with E-state index < -0.39 is 0 Å². The fourth-order valence-electron chi connectivity index (χ4n) is 3.90. The van der Waals surface area contributed by atoms with E-state index in [1.165, 1.54) is 0 Å². The summed E-state index contributed by atoms with van der Waals surface area (Å²) in [4.78, 5) is 25.8. The van der Waals surface area contributed by atoms with Gasteiger partial charge in [-0.05, 0) is 30.2 Å². The Labute approximate surface area is 152 Å². The van der Waals surface area contributed by atoms with E-state index in [4.69, 9.17) is 4.99 Å². The third-order valence-electron chi connectivity index (χ3n) is 5.21. The molecule has 1 atom stereocenters. The molecule has 0 spiro atoms. The number of hydrogen-bond donors (Lipinski definition) is 0. The zero-order chi connectivity index (χ0) is 17.5. The molecule has 2 saturated heterocycles. The lowest BCUT2D eigenvalue weighted by molar-refractivity contribution is -0.119. The van der Waals surface area contributed by atoms with E-state index in [0.717, 1.165) is 54.4 Å². The van der Waals surface area contributed by atoms with Gasteiger partial charge in [0.2, 0.25) is 0 Å². The fraction of sp³-hybridized carbons (Fsp3) is 0.286. The highest BCUT2D eigenvalue weighted by Gasteiger charge is 2.41. The summed E-state index contributed by atoms with van der Waals surface area (Å²) in [6.45, 7) is 2.52. The second kappa shape index (κ2) is 6.08. The minimum absolute atomic E-state index is 0.0848. The van der Waals surface area contributed by atoms with E-state index in [0.29, 0.717) is 12.2 Å². The molecule has 0 saturated carbocycles. The van der Waals surface area contributed by atoms with Gasteiger partial charge in [0.05, 0.1) is 11.8 Å². The van der Waals surface area contributed by atoms with Crippen molar-refractivity contribution in [2.45, 2.75) is 18.9 Å². The van der Waals surface area contributed by atoms with Crippen LogP contribution in [-0.2, 0) is 4.79 Å². The van der Waals surface area contributed by atoms with Crippen molar-refractivity contribution >= 4 is 11.5 Å².